The van der Waals surface area contributed by atoms with Gasteiger partial charge in [0.05, 0.1) is 42.8 Å². The second kappa shape index (κ2) is 9.43. The molecule has 0 spiro atoms. The number of esters is 1. The van der Waals surface area contributed by atoms with Crippen molar-refractivity contribution in [2.45, 2.75) is 58.7 Å². The van der Waals surface area contributed by atoms with Crippen LogP contribution in [-0.2, 0) is 24.0 Å². The Kier molecular flexibility index (Phi) is 7.13. The molecule has 3 aliphatic rings. The van der Waals surface area contributed by atoms with E-state index in [1.54, 1.807) is 6.92 Å². The van der Waals surface area contributed by atoms with Crippen molar-refractivity contribution >= 4 is 23.5 Å². The first kappa shape index (κ1) is 22.7. The fourth-order valence-corrected chi connectivity index (χ4v) is 4.97. The fraction of sp³-hybridized carbons (Fsp3) is 0.810. The molecule has 2 amide bonds. The minimum absolute atomic E-state index is 0.0298. The van der Waals surface area contributed by atoms with Crippen molar-refractivity contribution in [3.05, 3.63) is 0 Å². The Balaban J connectivity index is 1.79. The Morgan fingerprint density at radius 1 is 1.20 bits per heavy atom. The van der Waals surface area contributed by atoms with Gasteiger partial charge in [-0.1, -0.05) is 19.0 Å². The lowest BCUT2D eigenvalue weighted by Gasteiger charge is -2.45. The SMILES string of the molecule is CCOC(=O)CCN1C(=O)[C@H]2[C@H]3[C@H](O)[C@H](O)C/C(=N\OCC(C)C)[C@@H]3CC[C@H]2C1=O. The van der Waals surface area contributed by atoms with E-state index in [4.69, 9.17) is 9.57 Å². The van der Waals surface area contributed by atoms with Gasteiger partial charge in [0.1, 0.15) is 6.61 Å². The van der Waals surface area contributed by atoms with Crippen molar-refractivity contribution in [2.24, 2.45) is 34.7 Å². The lowest BCUT2D eigenvalue weighted by atomic mass is 9.60. The van der Waals surface area contributed by atoms with E-state index in [0.29, 0.717) is 31.1 Å². The van der Waals surface area contributed by atoms with Crippen LogP contribution in [-0.4, -0.2) is 70.6 Å². The summed E-state index contributed by atoms with van der Waals surface area (Å²) in [6.07, 6.45) is -0.967. The molecule has 2 aliphatic carbocycles. The zero-order valence-corrected chi connectivity index (χ0v) is 17.8. The number of nitrogens with zero attached hydrogens (tertiary/aromatic N) is 2. The number of likely N-dealkylation sites (tertiary alicyclic amines) is 1. The molecule has 0 aromatic rings. The molecule has 2 N–H and O–H groups in total. The number of aliphatic hydroxyl groups excluding tert-OH is 2. The molecular weight excluding hydrogens is 392 g/mol. The van der Waals surface area contributed by atoms with E-state index in [2.05, 4.69) is 5.16 Å². The number of fused-ring (bicyclic) bond motifs is 3. The van der Waals surface area contributed by atoms with Crippen LogP contribution in [0.3, 0.4) is 0 Å². The molecule has 0 aromatic heterocycles. The molecule has 0 unspecified atom stereocenters. The third-order valence-corrected chi connectivity index (χ3v) is 6.31. The second-order valence-corrected chi connectivity index (χ2v) is 8.81. The summed E-state index contributed by atoms with van der Waals surface area (Å²) in [6.45, 7) is 6.34. The standard InChI is InChI=1S/C21H32N2O7/c1-4-29-16(25)7-8-23-20(27)13-6-5-12-14(22-30-10-11(2)3)9-15(24)19(26)17(12)18(13)21(23)28/h11-13,15,17-19,24,26H,4-10H2,1-3H3/b22-14+/t12-,13+,15+,17-,18+,19+/m0/s1. The summed E-state index contributed by atoms with van der Waals surface area (Å²) < 4.78 is 4.89. The van der Waals surface area contributed by atoms with Gasteiger partial charge in [-0.05, 0) is 25.7 Å². The van der Waals surface area contributed by atoms with Crippen LogP contribution in [0.1, 0.15) is 46.5 Å². The topological polar surface area (TPSA) is 126 Å². The minimum Gasteiger partial charge on any atom is -0.466 e. The molecule has 2 saturated carbocycles. The number of carbonyl (C=O) groups is 3. The number of carbonyl (C=O) groups excluding carboxylic acids is 3. The Morgan fingerprint density at radius 3 is 2.57 bits per heavy atom. The predicted molar refractivity (Wildman–Crippen MR) is 106 cm³/mol. The fourth-order valence-electron chi connectivity index (χ4n) is 4.97. The van der Waals surface area contributed by atoms with Gasteiger partial charge >= 0.3 is 5.97 Å². The maximum atomic E-state index is 13.1. The number of oxime groups is 1. The van der Waals surface area contributed by atoms with Crippen LogP contribution in [0.5, 0.6) is 0 Å². The van der Waals surface area contributed by atoms with Crippen LogP contribution < -0.4 is 0 Å². The van der Waals surface area contributed by atoms with E-state index >= 15 is 0 Å². The van der Waals surface area contributed by atoms with Gasteiger partial charge in [0, 0.05) is 24.8 Å². The van der Waals surface area contributed by atoms with E-state index < -0.39 is 35.9 Å². The van der Waals surface area contributed by atoms with Gasteiger partial charge < -0.3 is 19.8 Å². The summed E-state index contributed by atoms with van der Waals surface area (Å²) in [5.41, 5.74) is 0.641. The number of hydrogen-bond acceptors (Lipinski definition) is 8. The van der Waals surface area contributed by atoms with Crippen LogP contribution in [0.15, 0.2) is 5.16 Å². The van der Waals surface area contributed by atoms with Crippen molar-refractivity contribution in [2.75, 3.05) is 19.8 Å². The first-order valence-electron chi connectivity index (χ1n) is 10.8. The monoisotopic (exact) mass is 424 g/mol. The van der Waals surface area contributed by atoms with Crippen molar-refractivity contribution in [1.29, 1.82) is 0 Å². The minimum atomic E-state index is -1.12. The van der Waals surface area contributed by atoms with Gasteiger partial charge in [0.15, 0.2) is 0 Å². The summed E-state index contributed by atoms with van der Waals surface area (Å²) in [6, 6.07) is 0. The van der Waals surface area contributed by atoms with Gasteiger partial charge in [-0.15, -0.1) is 0 Å². The number of hydrogen-bond donors (Lipinski definition) is 2. The number of amides is 2. The molecule has 3 rings (SSSR count). The Morgan fingerprint density at radius 2 is 1.90 bits per heavy atom. The van der Waals surface area contributed by atoms with Crippen molar-refractivity contribution in [3.8, 4) is 0 Å². The predicted octanol–water partition coefficient (Wildman–Crippen LogP) is 0.721. The maximum absolute atomic E-state index is 13.1. The van der Waals surface area contributed by atoms with Gasteiger partial charge in [-0.25, -0.2) is 0 Å². The molecule has 1 heterocycles. The van der Waals surface area contributed by atoms with Crippen LogP contribution in [0.4, 0.5) is 0 Å². The zero-order chi connectivity index (χ0) is 22.0. The molecule has 1 aliphatic heterocycles. The van der Waals surface area contributed by atoms with Gasteiger partial charge in [-0.3, -0.25) is 19.3 Å². The largest absolute Gasteiger partial charge is 0.466 e. The van der Waals surface area contributed by atoms with Crippen LogP contribution >= 0.6 is 0 Å². The third-order valence-electron chi connectivity index (χ3n) is 6.31. The number of rotatable bonds is 7. The lowest BCUT2D eigenvalue weighted by molar-refractivity contribution is -0.145. The molecule has 0 radical (unpaired) electrons. The molecule has 168 valence electrons. The first-order chi connectivity index (χ1) is 14.3. The average molecular weight is 424 g/mol. The molecular formula is C21H32N2O7. The molecule has 9 nitrogen and oxygen atoms in total. The molecule has 3 fully saturated rings. The Hall–Kier alpha value is -2.00. The molecule has 0 aromatic carbocycles. The molecule has 6 atom stereocenters. The molecule has 30 heavy (non-hydrogen) atoms. The highest BCUT2D eigenvalue weighted by Crippen LogP contribution is 2.49. The van der Waals surface area contributed by atoms with Crippen LogP contribution in [0.2, 0.25) is 0 Å². The van der Waals surface area contributed by atoms with E-state index in [-0.39, 0.29) is 43.7 Å². The van der Waals surface area contributed by atoms with Crippen LogP contribution in [0, 0.1) is 29.6 Å². The van der Waals surface area contributed by atoms with Crippen molar-refractivity contribution in [1.82, 2.24) is 4.90 Å². The van der Waals surface area contributed by atoms with Gasteiger partial charge in [0.2, 0.25) is 11.8 Å². The zero-order valence-electron chi connectivity index (χ0n) is 17.8. The van der Waals surface area contributed by atoms with Crippen molar-refractivity contribution in [3.63, 3.8) is 0 Å². The Labute approximate surface area is 176 Å². The summed E-state index contributed by atoms with van der Waals surface area (Å²) >= 11 is 0. The molecule has 1 saturated heterocycles. The van der Waals surface area contributed by atoms with Gasteiger partial charge in [-0.2, -0.15) is 0 Å². The Bertz CT molecular complexity index is 707. The summed E-state index contributed by atoms with van der Waals surface area (Å²) in [7, 11) is 0. The summed E-state index contributed by atoms with van der Waals surface area (Å²) in [5, 5.41) is 25.4. The normalized spacial score (nSPS) is 34.9. The van der Waals surface area contributed by atoms with Crippen molar-refractivity contribution < 1.29 is 34.2 Å². The van der Waals surface area contributed by atoms with E-state index in [0.717, 1.165) is 4.90 Å². The highest BCUT2D eigenvalue weighted by atomic mass is 16.6. The van der Waals surface area contributed by atoms with E-state index in [1.165, 1.54) is 0 Å². The number of aliphatic hydroxyl groups is 2. The maximum Gasteiger partial charge on any atom is 0.307 e. The molecule has 9 heteroatoms. The third kappa shape index (κ3) is 4.37. The quantitative estimate of drug-likeness (QED) is 0.350. The van der Waals surface area contributed by atoms with Crippen LogP contribution in [0.25, 0.3) is 0 Å². The smallest absolute Gasteiger partial charge is 0.307 e. The molecule has 0 bridgehead atoms. The second-order valence-electron chi connectivity index (χ2n) is 8.81. The highest BCUT2D eigenvalue weighted by molar-refractivity contribution is 6.06. The summed E-state index contributed by atoms with van der Waals surface area (Å²) in [4.78, 5) is 44.2. The summed E-state index contributed by atoms with van der Waals surface area (Å²) in [5.74, 6) is -2.96. The van der Waals surface area contributed by atoms with E-state index in [9.17, 15) is 24.6 Å². The number of imide groups is 1. The average Bonchev–Trinajstić information content (AvgIpc) is 2.94. The first-order valence-corrected chi connectivity index (χ1v) is 10.8. The van der Waals surface area contributed by atoms with E-state index in [1.807, 2.05) is 13.8 Å². The lowest BCUT2D eigenvalue weighted by Crippen LogP contribution is -2.54. The van der Waals surface area contributed by atoms with Gasteiger partial charge in [0.25, 0.3) is 0 Å². The number of ether oxygens (including phenoxy) is 1. The highest BCUT2D eigenvalue weighted by Gasteiger charge is 2.59.